The van der Waals surface area contributed by atoms with Gasteiger partial charge in [0.15, 0.2) is 5.65 Å². The molecule has 0 unspecified atom stereocenters. The standard InChI is InChI=1S/C24H18FN5O/c25-16-12-10-15(11-13-16)14-30-22(26)20(24(31)27-17-6-2-1-3-7-17)21-23(30)29-19-9-5-4-8-18(19)28-21/h1-13H,14,26H2,(H,27,31). The van der Waals surface area contributed by atoms with Crippen LogP contribution in [0.1, 0.15) is 15.9 Å². The Morgan fingerprint density at radius 2 is 1.55 bits per heavy atom. The summed E-state index contributed by atoms with van der Waals surface area (Å²) in [4.78, 5) is 22.6. The number of carbonyl (C=O) groups excluding carboxylic acids is 1. The molecule has 5 aromatic rings. The van der Waals surface area contributed by atoms with Crippen LogP contribution in [0.25, 0.3) is 22.2 Å². The van der Waals surface area contributed by atoms with E-state index in [4.69, 9.17) is 15.7 Å². The fraction of sp³-hybridized carbons (Fsp3) is 0.0417. The lowest BCUT2D eigenvalue weighted by Crippen LogP contribution is -2.15. The van der Waals surface area contributed by atoms with Crippen molar-refractivity contribution in [3.63, 3.8) is 0 Å². The maximum absolute atomic E-state index is 13.3. The summed E-state index contributed by atoms with van der Waals surface area (Å²) in [6, 6.07) is 22.7. The van der Waals surface area contributed by atoms with E-state index in [0.29, 0.717) is 34.4 Å². The fourth-order valence-corrected chi connectivity index (χ4v) is 3.59. The van der Waals surface area contributed by atoms with E-state index in [1.165, 1.54) is 12.1 Å². The molecule has 7 heteroatoms. The first-order valence-corrected chi connectivity index (χ1v) is 9.75. The molecule has 0 aliphatic heterocycles. The molecule has 2 aromatic heterocycles. The number of anilines is 2. The predicted octanol–water partition coefficient (Wildman–Crippen LogP) is 4.61. The number of halogens is 1. The molecular formula is C24H18FN5O. The Kier molecular flexibility index (Phi) is 4.55. The molecule has 0 fully saturated rings. The Hall–Kier alpha value is -4.26. The summed E-state index contributed by atoms with van der Waals surface area (Å²) in [5.74, 6) is -0.429. The van der Waals surface area contributed by atoms with Crippen LogP contribution >= 0.6 is 0 Å². The second-order valence-corrected chi connectivity index (χ2v) is 7.18. The van der Waals surface area contributed by atoms with Crippen LogP contribution in [-0.2, 0) is 6.54 Å². The minimum atomic E-state index is -0.365. The van der Waals surface area contributed by atoms with Gasteiger partial charge in [-0.05, 0) is 42.0 Å². The van der Waals surface area contributed by atoms with Gasteiger partial charge in [0.25, 0.3) is 5.91 Å². The largest absolute Gasteiger partial charge is 0.384 e. The molecule has 0 radical (unpaired) electrons. The third-order valence-corrected chi connectivity index (χ3v) is 5.10. The number of nitrogens with zero attached hydrogens (tertiary/aromatic N) is 3. The summed E-state index contributed by atoms with van der Waals surface area (Å²) in [7, 11) is 0. The molecule has 5 rings (SSSR count). The first kappa shape index (κ1) is 18.7. The molecule has 0 aliphatic rings. The van der Waals surface area contributed by atoms with Crippen molar-refractivity contribution in [3.8, 4) is 0 Å². The van der Waals surface area contributed by atoms with Crippen LogP contribution in [0.15, 0.2) is 78.9 Å². The van der Waals surface area contributed by atoms with Gasteiger partial charge in [-0.1, -0.05) is 42.5 Å². The average Bonchev–Trinajstić information content (AvgIpc) is 3.05. The third-order valence-electron chi connectivity index (χ3n) is 5.10. The number of para-hydroxylation sites is 3. The maximum Gasteiger partial charge on any atom is 0.261 e. The summed E-state index contributed by atoms with van der Waals surface area (Å²) in [5.41, 5.74) is 10.5. The Labute approximate surface area is 177 Å². The highest BCUT2D eigenvalue weighted by Gasteiger charge is 2.24. The van der Waals surface area contributed by atoms with Crippen LogP contribution in [0.5, 0.6) is 0 Å². The monoisotopic (exact) mass is 411 g/mol. The van der Waals surface area contributed by atoms with Gasteiger partial charge in [0.05, 0.1) is 17.6 Å². The van der Waals surface area contributed by atoms with Gasteiger partial charge >= 0.3 is 0 Å². The topological polar surface area (TPSA) is 85.8 Å². The highest BCUT2D eigenvalue weighted by Crippen LogP contribution is 2.29. The molecule has 2 heterocycles. The van der Waals surface area contributed by atoms with E-state index in [-0.39, 0.29) is 23.1 Å². The van der Waals surface area contributed by atoms with Gasteiger partial charge in [-0.2, -0.15) is 0 Å². The van der Waals surface area contributed by atoms with Crippen molar-refractivity contribution in [1.29, 1.82) is 0 Å². The van der Waals surface area contributed by atoms with Crippen molar-refractivity contribution in [3.05, 3.63) is 95.8 Å². The second-order valence-electron chi connectivity index (χ2n) is 7.18. The number of aromatic nitrogens is 3. The second kappa shape index (κ2) is 7.53. The molecule has 0 atom stereocenters. The molecule has 31 heavy (non-hydrogen) atoms. The minimum absolute atomic E-state index is 0.253. The van der Waals surface area contributed by atoms with Crippen molar-refractivity contribution in [2.24, 2.45) is 0 Å². The molecule has 1 amide bonds. The van der Waals surface area contributed by atoms with E-state index in [0.717, 1.165) is 5.56 Å². The number of carbonyl (C=O) groups is 1. The summed E-state index contributed by atoms with van der Waals surface area (Å²) < 4.78 is 15.1. The molecule has 0 saturated heterocycles. The van der Waals surface area contributed by atoms with Crippen molar-refractivity contribution >= 4 is 39.6 Å². The van der Waals surface area contributed by atoms with Crippen molar-refractivity contribution in [2.75, 3.05) is 11.1 Å². The maximum atomic E-state index is 13.3. The van der Waals surface area contributed by atoms with Gasteiger partial charge in [0.2, 0.25) is 0 Å². The lowest BCUT2D eigenvalue weighted by molar-refractivity contribution is 0.102. The Morgan fingerprint density at radius 3 is 2.26 bits per heavy atom. The highest BCUT2D eigenvalue weighted by atomic mass is 19.1. The summed E-state index contributed by atoms with van der Waals surface area (Å²) in [5, 5.41) is 2.87. The van der Waals surface area contributed by atoms with E-state index in [1.807, 2.05) is 42.5 Å². The number of rotatable bonds is 4. The smallest absolute Gasteiger partial charge is 0.261 e. The van der Waals surface area contributed by atoms with Crippen molar-refractivity contribution in [1.82, 2.24) is 14.5 Å². The summed E-state index contributed by atoms with van der Waals surface area (Å²) >= 11 is 0. The molecule has 152 valence electrons. The van der Waals surface area contributed by atoms with Crippen LogP contribution in [0.2, 0.25) is 0 Å². The molecule has 3 aromatic carbocycles. The molecule has 0 bridgehead atoms. The van der Waals surface area contributed by atoms with Gasteiger partial charge < -0.3 is 15.6 Å². The van der Waals surface area contributed by atoms with Gasteiger partial charge in [0.1, 0.15) is 22.7 Å². The van der Waals surface area contributed by atoms with Crippen molar-refractivity contribution < 1.29 is 9.18 Å². The van der Waals surface area contributed by atoms with Crippen LogP contribution < -0.4 is 11.1 Å². The van der Waals surface area contributed by atoms with E-state index in [1.54, 1.807) is 28.8 Å². The van der Waals surface area contributed by atoms with Crippen LogP contribution in [0.3, 0.4) is 0 Å². The lowest BCUT2D eigenvalue weighted by Gasteiger charge is -2.08. The van der Waals surface area contributed by atoms with E-state index in [9.17, 15) is 9.18 Å². The third kappa shape index (κ3) is 3.46. The van der Waals surface area contributed by atoms with E-state index in [2.05, 4.69) is 5.32 Å². The molecule has 0 spiro atoms. The van der Waals surface area contributed by atoms with Gasteiger partial charge in [-0.15, -0.1) is 0 Å². The number of hydrogen-bond donors (Lipinski definition) is 2. The molecule has 0 saturated carbocycles. The number of fused-ring (bicyclic) bond motifs is 2. The van der Waals surface area contributed by atoms with Crippen LogP contribution in [0, 0.1) is 5.82 Å². The summed E-state index contributed by atoms with van der Waals surface area (Å²) in [6.07, 6.45) is 0. The average molecular weight is 411 g/mol. The van der Waals surface area contributed by atoms with Gasteiger partial charge in [0, 0.05) is 5.69 Å². The number of benzene rings is 3. The first-order chi connectivity index (χ1) is 15.1. The fourth-order valence-electron chi connectivity index (χ4n) is 3.59. The zero-order valence-corrected chi connectivity index (χ0v) is 16.4. The van der Waals surface area contributed by atoms with E-state index < -0.39 is 0 Å². The molecule has 3 N–H and O–H groups in total. The zero-order chi connectivity index (χ0) is 21.4. The molecule has 0 aliphatic carbocycles. The number of nitrogen functional groups attached to an aromatic ring is 1. The first-order valence-electron chi connectivity index (χ1n) is 9.75. The van der Waals surface area contributed by atoms with E-state index >= 15 is 0 Å². The molecule has 6 nitrogen and oxygen atoms in total. The molecular weight excluding hydrogens is 393 g/mol. The predicted molar refractivity (Wildman–Crippen MR) is 119 cm³/mol. The number of amides is 1. The minimum Gasteiger partial charge on any atom is -0.384 e. The Balaban J connectivity index is 1.68. The number of nitrogens with two attached hydrogens (primary N) is 1. The van der Waals surface area contributed by atoms with Gasteiger partial charge in [-0.25, -0.2) is 14.4 Å². The Bertz CT molecular complexity index is 1410. The number of nitrogens with one attached hydrogen (secondary N) is 1. The quantitative estimate of drug-likeness (QED) is 0.452. The normalized spacial score (nSPS) is 11.1. The summed E-state index contributed by atoms with van der Waals surface area (Å²) in [6.45, 7) is 0.328. The highest BCUT2D eigenvalue weighted by molar-refractivity contribution is 6.16. The van der Waals surface area contributed by atoms with Crippen LogP contribution in [0.4, 0.5) is 15.9 Å². The van der Waals surface area contributed by atoms with Crippen LogP contribution in [-0.4, -0.2) is 20.4 Å². The SMILES string of the molecule is Nc1c(C(=O)Nc2ccccc2)c2nc3ccccc3nc2n1Cc1ccc(F)cc1. The Morgan fingerprint density at radius 1 is 0.903 bits per heavy atom. The van der Waals surface area contributed by atoms with Gasteiger partial charge in [-0.3, -0.25) is 4.79 Å². The zero-order valence-electron chi connectivity index (χ0n) is 16.4. The lowest BCUT2D eigenvalue weighted by atomic mass is 10.2. The number of hydrogen-bond acceptors (Lipinski definition) is 4. The van der Waals surface area contributed by atoms with Crippen molar-refractivity contribution in [2.45, 2.75) is 6.54 Å².